The summed E-state index contributed by atoms with van der Waals surface area (Å²) in [5, 5.41) is 14.9. The number of allylic oxidation sites excluding steroid dienone is 1. The normalized spacial score (nSPS) is 47.8. The number of hydrogen-bond acceptors (Lipinski definition) is 3. The third kappa shape index (κ3) is 2.98. The Morgan fingerprint density at radius 3 is 2.68 bits per heavy atom. The van der Waals surface area contributed by atoms with Crippen molar-refractivity contribution < 1.29 is 5.11 Å². The smallest absolute Gasteiger partial charge is 0.137 e. The molecule has 4 fully saturated rings. The molecule has 0 spiro atoms. The van der Waals surface area contributed by atoms with Gasteiger partial charge in [-0.05, 0) is 106 Å². The Hall–Kier alpha value is -1.16. The van der Waals surface area contributed by atoms with E-state index in [1.807, 2.05) is 11.0 Å². The Morgan fingerprint density at radius 2 is 1.89 bits per heavy atom. The van der Waals surface area contributed by atoms with Crippen LogP contribution in [0.1, 0.15) is 71.6 Å². The summed E-state index contributed by atoms with van der Waals surface area (Å²) in [5.41, 5.74) is 1.37. The van der Waals surface area contributed by atoms with Gasteiger partial charge in [0.25, 0.3) is 0 Å². The van der Waals surface area contributed by atoms with Gasteiger partial charge in [0.1, 0.15) is 12.7 Å². The van der Waals surface area contributed by atoms with E-state index in [2.05, 4.69) is 30.5 Å². The second kappa shape index (κ2) is 6.68. The fourth-order valence-electron chi connectivity index (χ4n) is 8.38. The van der Waals surface area contributed by atoms with E-state index in [-0.39, 0.29) is 0 Å². The molecule has 4 saturated carbocycles. The van der Waals surface area contributed by atoms with Gasteiger partial charge in [0.15, 0.2) is 0 Å². The molecule has 1 aromatic rings. The molecule has 4 nitrogen and oxygen atoms in total. The first-order valence-electron chi connectivity index (χ1n) is 11.6. The molecule has 5 rings (SSSR count). The maximum Gasteiger partial charge on any atom is 0.137 e. The van der Waals surface area contributed by atoms with Gasteiger partial charge >= 0.3 is 0 Å². The summed E-state index contributed by atoms with van der Waals surface area (Å²) in [6.07, 6.45) is 14.9. The lowest BCUT2D eigenvalue weighted by molar-refractivity contribution is -0.0979. The Kier molecular flexibility index (Phi) is 4.50. The average Bonchev–Trinajstić information content (AvgIpc) is 3.27. The van der Waals surface area contributed by atoms with Crippen LogP contribution in [0.4, 0.5) is 0 Å². The molecule has 1 aromatic heterocycles. The van der Waals surface area contributed by atoms with Gasteiger partial charge < -0.3 is 5.11 Å². The van der Waals surface area contributed by atoms with E-state index in [1.54, 1.807) is 6.33 Å². The first-order valence-corrected chi connectivity index (χ1v) is 11.6. The standard InChI is InChI=1S/C24H37N3O/c1-16(13-27-15-25-14-26-27)21-6-7-22-20-5-4-17-12-23(2,28)10-8-18(17)19(20)9-11-24(21,22)3/h14-15,17-22,28H,1,4-13H2,2-3H3/t17-,18+,19-,20-,21-,22+,23-,24-/m1/s1. The summed E-state index contributed by atoms with van der Waals surface area (Å²) in [6.45, 7) is 9.98. The van der Waals surface area contributed by atoms with Crippen LogP contribution in [0.15, 0.2) is 24.8 Å². The van der Waals surface area contributed by atoms with E-state index >= 15 is 0 Å². The molecular weight excluding hydrogens is 346 g/mol. The molecule has 0 saturated heterocycles. The molecule has 4 aliphatic rings. The molecule has 0 amide bonds. The lowest BCUT2D eigenvalue weighted by atomic mass is 9.49. The first kappa shape index (κ1) is 18.8. The molecule has 8 atom stereocenters. The highest BCUT2D eigenvalue weighted by Crippen LogP contribution is 2.65. The molecule has 0 aromatic carbocycles. The second-order valence-electron chi connectivity index (χ2n) is 11.1. The highest BCUT2D eigenvalue weighted by Gasteiger charge is 2.57. The van der Waals surface area contributed by atoms with Crippen LogP contribution in [0.3, 0.4) is 0 Å². The van der Waals surface area contributed by atoms with E-state index in [9.17, 15) is 5.11 Å². The Bertz CT molecular complexity index is 726. The zero-order valence-electron chi connectivity index (χ0n) is 17.7. The third-order valence-corrected chi connectivity index (χ3v) is 9.56. The van der Waals surface area contributed by atoms with Crippen molar-refractivity contribution in [2.24, 2.45) is 40.9 Å². The fraction of sp³-hybridized carbons (Fsp3) is 0.833. The van der Waals surface area contributed by atoms with E-state index < -0.39 is 5.60 Å². The molecule has 28 heavy (non-hydrogen) atoms. The van der Waals surface area contributed by atoms with Crippen molar-refractivity contribution in [2.75, 3.05) is 0 Å². The van der Waals surface area contributed by atoms with Crippen molar-refractivity contribution in [2.45, 2.75) is 83.8 Å². The predicted octanol–water partition coefficient (Wildman–Crippen LogP) is 4.85. The van der Waals surface area contributed by atoms with Gasteiger partial charge in [0.05, 0.1) is 12.1 Å². The van der Waals surface area contributed by atoms with Crippen LogP contribution in [0.25, 0.3) is 0 Å². The van der Waals surface area contributed by atoms with Crippen LogP contribution in [-0.2, 0) is 6.54 Å². The van der Waals surface area contributed by atoms with E-state index in [4.69, 9.17) is 0 Å². The Morgan fingerprint density at radius 1 is 1.07 bits per heavy atom. The number of nitrogens with zero attached hydrogens (tertiary/aromatic N) is 3. The fourth-order valence-corrected chi connectivity index (χ4v) is 8.38. The minimum Gasteiger partial charge on any atom is -0.390 e. The summed E-state index contributed by atoms with van der Waals surface area (Å²) >= 11 is 0. The van der Waals surface area contributed by atoms with E-state index in [0.29, 0.717) is 11.3 Å². The van der Waals surface area contributed by atoms with Crippen molar-refractivity contribution in [1.29, 1.82) is 0 Å². The van der Waals surface area contributed by atoms with Gasteiger partial charge in [0, 0.05) is 0 Å². The van der Waals surface area contributed by atoms with Gasteiger partial charge in [0.2, 0.25) is 0 Å². The van der Waals surface area contributed by atoms with Crippen LogP contribution < -0.4 is 0 Å². The van der Waals surface area contributed by atoms with Crippen molar-refractivity contribution in [3.8, 4) is 0 Å². The molecule has 4 heteroatoms. The number of fused-ring (bicyclic) bond motifs is 5. The SMILES string of the molecule is C=C(Cn1cncn1)[C@H]1CC[C@H]2[C@@H]3CC[C@@H]4C[C@](C)(O)CC[C@@H]4[C@H]3CC[C@]12C. The van der Waals surface area contributed by atoms with Crippen LogP contribution in [-0.4, -0.2) is 25.5 Å². The molecule has 4 aliphatic carbocycles. The molecule has 1 heterocycles. The molecule has 154 valence electrons. The lowest BCUT2D eigenvalue weighted by Gasteiger charge is -2.57. The van der Waals surface area contributed by atoms with Crippen LogP contribution in [0, 0.1) is 40.9 Å². The van der Waals surface area contributed by atoms with Crippen LogP contribution in [0.2, 0.25) is 0 Å². The lowest BCUT2D eigenvalue weighted by Crippen LogP contribution is -2.50. The van der Waals surface area contributed by atoms with Gasteiger partial charge in [-0.3, -0.25) is 0 Å². The van der Waals surface area contributed by atoms with Gasteiger partial charge in [-0.2, -0.15) is 5.10 Å². The van der Waals surface area contributed by atoms with E-state index in [1.165, 1.54) is 50.5 Å². The van der Waals surface area contributed by atoms with Gasteiger partial charge in [-0.25, -0.2) is 9.67 Å². The monoisotopic (exact) mass is 383 g/mol. The van der Waals surface area contributed by atoms with Crippen molar-refractivity contribution >= 4 is 0 Å². The second-order valence-corrected chi connectivity index (χ2v) is 11.1. The minimum absolute atomic E-state index is 0.408. The summed E-state index contributed by atoms with van der Waals surface area (Å²) in [4.78, 5) is 4.10. The first-order chi connectivity index (χ1) is 13.4. The number of aliphatic hydroxyl groups is 1. The Balaban J connectivity index is 1.32. The summed E-state index contributed by atoms with van der Waals surface area (Å²) < 4.78 is 1.93. The Labute approximate surface area is 169 Å². The molecule has 0 aliphatic heterocycles. The quantitative estimate of drug-likeness (QED) is 0.759. The average molecular weight is 384 g/mol. The predicted molar refractivity (Wildman–Crippen MR) is 110 cm³/mol. The maximum absolute atomic E-state index is 10.6. The molecule has 1 N–H and O–H groups in total. The molecule has 0 radical (unpaired) electrons. The van der Waals surface area contributed by atoms with Gasteiger partial charge in [-0.15, -0.1) is 0 Å². The third-order valence-electron chi connectivity index (χ3n) is 9.56. The number of rotatable bonds is 3. The summed E-state index contributed by atoms with van der Waals surface area (Å²) in [7, 11) is 0. The summed E-state index contributed by atoms with van der Waals surface area (Å²) in [6, 6.07) is 0. The van der Waals surface area contributed by atoms with Gasteiger partial charge in [-0.1, -0.05) is 19.1 Å². The summed E-state index contributed by atoms with van der Waals surface area (Å²) in [5.74, 6) is 4.97. The van der Waals surface area contributed by atoms with Crippen LogP contribution in [0.5, 0.6) is 0 Å². The maximum atomic E-state index is 10.6. The van der Waals surface area contributed by atoms with Crippen molar-refractivity contribution in [3.63, 3.8) is 0 Å². The zero-order chi connectivity index (χ0) is 19.5. The van der Waals surface area contributed by atoms with Crippen LogP contribution >= 0.6 is 0 Å². The highest BCUT2D eigenvalue weighted by atomic mass is 16.3. The molecule has 0 bridgehead atoms. The largest absolute Gasteiger partial charge is 0.390 e. The minimum atomic E-state index is -0.408. The van der Waals surface area contributed by atoms with Crippen molar-refractivity contribution in [1.82, 2.24) is 14.8 Å². The topological polar surface area (TPSA) is 50.9 Å². The van der Waals surface area contributed by atoms with Crippen molar-refractivity contribution in [3.05, 3.63) is 24.8 Å². The number of hydrogen-bond donors (Lipinski definition) is 1. The number of aromatic nitrogens is 3. The zero-order valence-corrected chi connectivity index (χ0v) is 17.7. The molecule has 0 unspecified atom stereocenters. The van der Waals surface area contributed by atoms with E-state index in [0.717, 1.165) is 49.0 Å². The highest BCUT2D eigenvalue weighted by molar-refractivity contribution is 5.15. The molecular formula is C24H37N3O.